The summed E-state index contributed by atoms with van der Waals surface area (Å²) in [7, 11) is 2.13. The van der Waals surface area contributed by atoms with Crippen LogP contribution in [-0.2, 0) is 11.3 Å². The normalized spacial score (nSPS) is 26.0. The van der Waals surface area contributed by atoms with Crippen LogP contribution in [0.3, 0.4) is 0 Å². The lowest BCUT2D eigenvalue weighted by Crippen LogP contribution is -2.46. The monoisotopic (exact) mass is 306 g/mol. The molecule has 3 rings (SSSR count). The highest BCUT2D eigenvalue weighted by molar-refractivity contribution is 5.95. The van der Waals surface area contributed by atoms with Crippen LogP contribution in [0.15, 0.2) is 6.20 Å². The predicted molar refractivity (Wildman–Crippen MR) is 83.9 cm³/mol. The average Bonchev–Trinajstić information content (AvgIpc) is 2.64. The van der Waals surface area contributed by atoms with Crippen LogP contribution < -0.4 is 0 Å². The summed E-state index contributed by atoms with van der Waals surface area (Å²) in [4.78, 5) is 17.4. The maximum absolute atomic E-state index is 13.0. The fourth-order valence-electron chi connectivity index (χ4n) is 3.57. The Labute approximate surface area is 132 Å². The number of hydrogen-bond donors (Lipinski definition) is 0. The molecule has 1 amide bonds. The van der Waals surface area contributed by atoms with Crippen molar-refractivity contribution in [1.82, 2.24) is 19.6 Å². The first kappa shape index (κ1) is 15.5. The predicted octanol–water partition coefficient (Wildman–Crippen LogP) is 1.00. The van der Waals surface area contributed by atoms with Crippen molar-refractivity contribution in [2.24, 2.45) is 5.92 Å². The van der Waals surface area contributed by atoms with Crippen molar-refractivity contribution in [3.05, 3.63) is 17.5 Å². The molecule has 0 aromatic carbocycles. The highest BCUT2D eigenvalue weighted by Crippen LogP contribution is 2.22. The van der Waals surface area contributed by atoms with Gasteiger partial charge in [-0.15, -0.1) is 0 Å². The van der Waals surface area contributed by atoms with Gasteiger partial charge in [-0.3, -0.25) is 9.48 Å². The molecule has 2 saturated heterocycles. The van der Waals surface area contributed by atoms with Crippen LogP contribution in [0, 0.1) is 12.8 Å². The molecule has 2 aliphatic rings. The van der Waals surface area contributed by atoms with Crippen molar-refractivity contribution in [3.63, 3.8) is 0 Å². The average molecular weight is 306 g/mol. The van der Waals surface area contributed by atoms with Crippen molar-refractivity contribution >= 4 is 5.91 Å². The van der Waals surface area contributed by atoms with E-state index in [-0.39, 0.29) is 11.9 Å². The quantitative estimate of drug-likeness (QED) is 0.836. The molecule has 0 unspecified atom stereocenters. The van der Waals surface area contributed by atoms with E-state index in [1.165, 1.54) is 0 Å². The van der Waals surface area contributed by atoms with Crippen LogP contribution in [0.25, 0.3) is 0 Å². The van der Waals surface area contributed by atoms with Crippen LogP contribution in [0.5, 0.6) is 0 Å². The number of nitrogens with zero attached hydrogens (tertiary/aromatic N) is 4. The lowest BCUT2D eigenvalue weighted by molar-refractivity contribution is 0.0483. The van der Waals surface area contributed by atoms with Crippen LogP contribution in [0.4, 0.5) is 0 Å². The lowest BCUT2D eigenvalue weighted by Gasteiger charge is -2.29. The van der Waals surface area contributed by atoms with Crippen LogP contribution in [-0.4, -0.2) is 71.4 Å². The summed E-state index contributed by atoms with van der Waals surface area (Å²) in [6.07, 6.45) is 2.75. The molecule has 1 aromatic rings. The Morgan fingerprint density at radius 1 is 1.36 bits per heavy atom. The Kier molecular flexibility index (Phi) is 4.49. The molecule has 22 heavy (non-hydrogen) atoms. The van der Waals surface area contributed by atoms with Crippen molar-refractivity contribution in [3.8, 4) is 0 Å². The number of likely N-dealkylation sites (N-methyl/N-ethyl adjacent to an activating group) is 1. The second-order valence-electron chi connectivity index (χ2n) is 6.60. The fraction of sp³-hybridized carbons (Fsp3) is 0.750. The second-order valence-corrected chi connectivity index (χ2v) is 6.60. The molecule has 6 heteroatoms. The first-order chi connectivity index (χ1) is 10.6. The maximum atomic E-state index is 13.0. The topological polar surface area (TPSA) is 50.6 Å². The largest absolute Gasteiger partial charge is 0.379 e. The molecule has 6 nitrogen and oxygen atoms in total. The van der Waals surface area contributed by atoms with Gasteiger partial charge in [0.25, 0.3) is 5.91 Å². The third-order valence-electron chi connectivity index (χ3n) is 4.68. The lowest BCUT2D eigenvalue weighted by atomic mass is 10.1. The van der Waals surface area contributed by atoms with Gasteiger partial charge < -0.3 is 14.5 Å². The molecule has 2 atom stereocenters. The minimum absolute atomic E-state index is 0.107. The molecule has 0 spiro atoms. The van der Waals surface area contributed by atoms with Crippen molar-refractivity contribution in [1.29, 1.82) is 0 Å². The van der Waals surface area contributed by atoms with Gasteiger partial charge in [0.05, 0.1) is 31.0 Å². The first-order valence-electron chi connectivity index (χ1n) is 8.19. The van der Waals surface area contributed by atoms with Crippen molar-refractivity contribution in [2.75, 3.05) is 39.9 Å². The zero-order valence-electron chi connectivity index (χ0n) is 13.8. The van der Waals surface area contributed by atoms with E-state index >= 15 is 0 Å². The summed E-state index contributed by atoms with van der Waals surface area (Å²) in [5.74, 6) is 0.503. The summed E-state index contributed by atoms with van der Waals surface area (Å²) in [6.45, 7) is 9.01. The molecule has 0 aliphatic carbocycles. The van der Waals surface area contributed by atoms with Crippen LogP contribution in [0.1, 0.15) is 29.4 Å². The Morgan fingerprint density at radius 2 is 2.18 bits per heavy atom. The molecular formula is C16H26N4O2. The Hall–Kier alpha value is -1.40. The Morgan fingerprint density at radius 3 is 2.95 bits per heavy atom. The molecule has 1 aromatic heterocycles. The minimum Gasteiger partial charge on any atom is -0.379 e. The molecule has 2 bridgehead atoms. The van der Waals surface area contributed by atoms with E-state index in [1.807, 2.05) is 16.5 Å². The standard InChI is InChI=1S/C16H26N4O2/c1-4-5-20-12(2)15(6-17-20)16(21)19-8-13-7-18(3)9-14(19)11-22-10-13/h6,13-14H,4-5,7-11H2,1-3H3/t13-,14-/m0/s1. The molecular weight excluding hydrogens is 280 g/mol. The third-order valence-corrected chi connectivity index (χ3v) is 4.68. The van der Waals surface area contributed by atoms with Gasteiger partial charge in [0.15, 0.2) is 0 Å². The van der Waals surface area contributed by atoms with Gasteiger partial charge in [-0.1, -0.05) is 6.92 Å². The van der Waals surface area contributed by atoms with E-state index in [0.29, 0.717) is 12.5 Å². The van der Waals surface area contributed by atoms with Gasteiger partial charge in [-0.25, -0.2) is 0 Å². The molecule has 122 valence electrons. The third kappa shape index (κ3) is 2.90. The van der Waals surface area contributed by atoms with E-state index in [4.69, 9.17) is 4.74 Å². The van der Waals surface area contributed by atoms with Crippen LogP contribution in [0.2, 0.25) is 0 Å². The number of rotatable bonds is 3. The van der Waals surface area contributed by atoms with Gasteiger partial charge in [0, 0.05) is 37.8 Å². The van der Waals surface area contributed by atoms with Gasteiger partial charge in [0.2, 0.25) is 0 Å². The molecule has 2 aliphatic heterocycles. The highest BCUT2D eigenvalue weighted by Gasteiger charge is 2.36. The van der Waals surface area contributed by atoms with Crippen LogP contribution >= 0.6 is 0 Å². The van der Waals surface area contributed by atoms with Gasteiger partial charge in [-0.05, 0) is 20.4 Å². The molecule has 2 fully saturated rings. The summed E-state index contributed by atoms with van der Waals surface area (Å²) < 4.78 is 7.69. The highest BCUT2D eigenvalue weighted by atomic mass is 16.5. The summed E-state index contributed by atoms with van der Waals surface area (Å²) in [6, 6.07) is 0.138. The molecule has 0 radical (unpaired) electrons. The number of carbonyl (C=O) groups excluding carboxylic acids is 1. The SMILES string of the molecule is CCCn1ncc(C(=O)N2C[C@H]3COC[C@@H]2CN(C)C3)c1C. The van der Waals surface area contributed by atoms with Gasteiger partial charge >= 0.3 is 0 Å². The number of amides is 1. The first-order valence-corrected chi connectivity index (χ1v) is 8.19. The van der Waals surface area contributed by atoms with Gasteiger partial charge in [-0.2, -0.15) is 5.10 Å². The molecule has 0 saturated carbocycles. The number of carbonyl (C=O) groups is 1. The van der Waals surface area contributed by atoms with E-state index < -0.39 is 0 Å². The van der Waals surface area contributed by atoms with Gasteiger partial charge in [0.1, 0.15) is 0 Å². The Balaban J connectivity index is 1.84. The fourth-order valence-corrected chi connectivity index (χ4v) is 3.57. The number of hydrogen-bond acceptors (Lipinski definition) is 4. The number of aromatic nitrogens is 2. The zero-order valence-corrected chi connectivity index (χ0v) is 13.8. The number of fused-ring (bicyclic) bond motifs is 3. The van der Waals surface area contributed by atoms with Crippen molar-refractivity contribution < 1.29 is 9.53 Å². The second kappa shape index (κ2) is 6.38. The summed E-state index contributed by atoms with van der Waals surface area (Å²) >= 11 is 0. The molecule has 3 heterocycles. The smallest absolute Gasteiger partial charge is 0.257 e. The van der Waals surface area contributed by atoms with E-state index in [9.17, 15) is 4.79 Å². The summed E-state index contributed by atoms with van der Waals surface area (Å²) in [5.41, 5.74) is 1.71. The van der Waals surface area contributed by atoms with E-state index in [2.05, 4.69) is 24.0 Å². The zero-order chi connectivity index (χ0) is 15.7. The maximum Gasteiger partial charge on any atom is 0.257 e. The van der Waals surface area contributed by atoms with E-state index in [1.54, 1.807) is 6.20 Å². The molecule has 0 N–H and O–H groups in total. The number of aryl methyl sites for hydroxylation is 1. The van der Waals surface area contributed by atoms with Crippen molar-refractivity contribution in [2.45, 2.75) is 32.9 Å². The number of ether oxygens (including phenoxy) is 1. The van der Waals surface area contributed by atoms with E-state index in [0.717, 1.165) is 50.5 Å². The Bertz CT molecular complexity index is 542. The minimum atomic E-state index is 0.107. The summed E-state index contributed by atoms with van der Waals surface area (Å²) in [5, 5.41) is 4.37.